The monoisotopic (exact) mass is 150 g/mol. The van der Waals surface area contributed by atoms with Crippen LogP contribution in [0.1, 0.15) is 5.56 Å². The molecule has 0 bridgehead atoms. The first-order valence-corrected chi connectivity index (χ1v) is 3.64. The molecule has 2 heteroatoms. The summed E-state index contributed by atoms with van der Waals surface area (Å²) in [4.78, 5) is 2.04. The van der Waals surface area contributed by atoms with Gasteiger partial charge in [0.05, 0.1) is 0 Å². The average Bonchev–Trinajstić information content (AvgIpc) is 1.94. The van der Waals surface area contributed by atoms with Crippen molar-refractivity contribution < 1.29 is 0 Å². The van der Waals surface area contributed by atoms with E-state index in [2.05, 4.69) is 6.07 Å². The van der Waals surface area contributed by atoms with Crippen LogP contribution in [0.4, 0.5) is 11.4 Å². The Morgan fingerprint density at radius 2 is 1.91 bits per heavy atom. The fourth-order valence-electron chi connectivity index (χ4n) is 0.906. The lowest BCUT2D eigenvalue weighted by atomic mass is 10.2. The number of aryl methyl sites for hydroxylation is 1. The first-order valence-electron chi connectivity index (χ1n) is 3.64. The molecule has 0 unspecified atom stereocenters. The molecule has 0 amide bonds. The summed E-state index contributed by atoms with van der Waals surface area (Å²) < 4.78 is 0. The zero-order valence-electron chi connectivity index (χ0n) is 7.26. The summed E-state index contributed by atoms with van der Waals surface area (Å²) >= 11 is 0. The first kappa shape index (κ1) is 7.92. The summed E-state index contributed by atoms with van der Waals surface area (Å²) in [6.07, 6.45) is 0. The number of nitrogens with zero attached hydrogens (tertiary/aromatic N) is 1. The molecule has 60 valence electrons. The van der Waals surface area contributed by atoms with E-state index in [0.29, 0.717) is 0 Å². The Bertz CT molecular complexity index is 254. The third-order valence-corrected chi connectivity index (χ3v) is 1.78. The SMILES string of the molecule is Cc1ccc(N(C)C)cc1N. The maximum atomic E-state index is 5.73. The predicted molar refractivity (Wildman–Crippen MR) is 49.9 cm³/mol. The Morgan fingerprint density at radius 3 is 2.36 bits per heavy atom. The van der Waals surface area contributed by atoms with Crippen LogP contribution >= 0.6 is 0 Å². The van der Waals surface area contributed by atoms with Gasteiger partial charge in [-0.1, -0.05) is 6.07 Å². The largest absolute Gasteiger partial charge is 0.398 e. The summed E-state index contributed by atoms with van der Waals surface area (Å²) in [5.74, 6) is 0. The number of hydrogen-bond donors (Lipinski definition) is 1. The zero-order chi connectivity index (χ0) is 8.43. The molecule has 2 N–H and O–H groups in total. The number of benzene rings is 1. The van der Waals surface area contributed by atoms with Gasteiger partial charge in [-0.3, -0.25) is 0 Å². The van der Waals surface area contributed by atoms with Crippen molar-refractivity contribution in [3.05, 3.63) is 23.8 Å². The molecule has 0 aliphatic rings. The van der Waals surface area contributed by atoms with Crippen molar-refractivity contribution in [3.8, 4) is 0 Å². The van der Waals surface area contributed by atoms with E-state index >= 15 is 0 Å². The molecule has 0 saturated heterocycles. The van der Waals surface area contributed by atoms with Crippen molar-refractivity contribution >= 4 is 11.4 Å². The van der Waals surface area contributed by atoms with E-state index in [4.69, 9.17) is 5.73 Å². The van der Waals surface area contributed by atoms with Gasteiger partial charge in [-0.05, 0) is 24.6 Å². The zero-order valence-corrected chi connectivity index (χ0v) is 7.26. The van der Waals surface area contributed by atoms with Gasteiger partial charge in [-0.15, -0.1) is 0 Å². The van der Waals surface area contributed by atoms with E-state index in [0.717, 1.165) is 16.9 Å². The van der Waals surface area contributed by atoms with Crippen LogP contribution in [-0.4, -0.2) is 14.1 Å². The molecular weight excluding hydrogens is 136 g/mol. The summed E-state index contributed by atoms with van der Waals surface area (Å²) in [5.41, 5.74) is 8.87. The topological polar surface area (TPSA) is 29.3 Å². The molecule has 0 aromatic heterocycles. The lowest BCUT2D eigenvalue weighted by Gasteiger charge is -2.13. The molecule has 0 aliphatic carbocycles. The van der Waals surface area contributed by atoms with E-state index in [1.54, 1.807) is 0 Å². The van der Waals surface area contributed by atoms with Gasteiger partial charge in [-0.2, -0.15) is 0 Å². The molecule has 1 aromatic rings. The van der Waals surface area contributed by atoms with Gasteiger partial charge < -0.3 is 10.6 Å². The van der Waals surface area contributed by atoms with Crippen molar-refractivity contribution in [2.75, 3.05) is 24.7 Å². The van der Waals surface area contributed by atoms with Gasteiger partial charge in [0.2, 0.25) is 0 Å². The Hall–Kier alpha value is -1.18. The number of rotatable bonds is 1. The summed E-state index contributed by atoms with van der Waals surface area (Å²) in [6, 6.07) is 6.08. The van der Waals surface area contributed by atoms with Crippen LogP contribution in [0.15, 0.2) is 18.2 Å². The van der Waals surface area contributed by atoms with Crippen molar-refractivity contribution in [1.29, 1.82) is 0 Å². The second-order valence-electron chi connectivity index (χ2n) is 2.94. The molecule has 0 heterocycles. The minimum atomic E-state index is 0.858. The number of hydrogen-bond acceptors (Lipinski definition) is 2. The van der Waals surface area contributed by atoms with Gasteiger partial charge in [0.15, 0.2) is 0 Å². The fraction of sp³-hybridized carbons (Fsp3) is 0.333. The predicted octanol–water partition coefficient (Wildman–Crippen LogP) is 1.64. The smallest absolute Gasteiger partial charge is 0.0381 e. The van der Waals surface area contributed by atoms with Crippen molar-refractivity contribution in [2.24, 2.45) is 0 Å². The minimum Gasteiger partial charge on any atom is -0.398 e. The van der Waals surface area contributed by atoms with Crippen LogP contribution in [0, 0.1) is 6.92 Å². The highest BCUT2D eigenvalue weighted by molar-refractivity contribution is 5.58. The summed E-state index contributed by atoms with van der Waals surface area (Å²) in [5, 5.41) is 0. The van der Waals surface area contributed by atoms with Crippen molar-refractivity contribution in [2.45, 2.75) is 6.92 Å². The minimum absolute atomic E-state index is 0.858. The highest BCUT2D eigenvalue weighted by Crippen LogP contribution is 2.18. The molecule has 1 aromatic carbocycles. The number of anilines is 2. The van der Waals surface area contributed by atoms with Crippen LogP contribution in [0.5, 0.6) is 0 Å². The molecule has 0 atom stereocenters. The normalized spacial score (nSPS) is 9.73. The molecule has 0 saturated carbocycles. The number of nitrogens with two attached hydrogens (primary N) is 1. The average molecular weight is 150 g/mol. The Morgan fingerprint density at radius 1 is 1.27 bits per heavy atom. The van der Waals surface area contributed by atoms with E-state index in [-0.39, 0.29) is 0 Å². The Balaban J connectivity index is 3.05. The van der Waals surface area contributed by atoms with Gasteiger partial charge in [0.1, 0.15) is 0 Å². The highest BCUT2D eigenvalue weighted by Gasteiger charge is 1.96. The van der Waals surface area contributed by atoms with Gasteiger partial charge in [0.25, 0.3) is 0 Å². The second-order valence-corrected chi connectivity index (χ2v) is 2.94. The summed E-state index contributed by atoms with van der Waals surface area (Å²) in [6.45, 7) is 2.01. The van der Waals surface area contributed by atoms with Gasteiger partial charge in [0, 0.05) is 25.5 Å². The second kappa shape index (κ2) is 2.82. The first-order chi connectivity index (χ1) is 5.11. The van der Waals surface area contributed by atoms with Crippen LogP contribution in [0.3, 0.4) is 0 Å². The van der Waals surface area contributed by atoms with Crippen LogP contribution in [-0.2, 0) is 0 Å². The van der Waals surface area contributed by atoms with Gasteiger partial charge in [-0.25, -0.2) is 0 Å². The molecule has 11 heavy (non-hydrogen) atoms. The maximum absolute atomic E-state index is 5.73. The molecular formula is C9H14N2. The van der Waals surface area contributed by atoms with Crippen LogP contribution < -0.4 is 10.6 Å². The van der Waals surface area contributed by atoms with Crippen molar-refractivity contribution in [3.63, 3.8) is 0 Å². The quantitative estimate of drug-likeness (QED) is 0.617. The van der Waals surface area contributed by atoms with Crippen LogP contribution in [0.2, 0.25) is 0 Å². The van der Waals surface area contributed by atoms with Crippen LogP contribution in [0.25, 0.3) is 0 Å². The number of nitrogen functional groups attached to an aromatic ring is 1. The van der Waals surface area contributed by atoms with Crippen molar-refractivity contribution in [1.82, 2.24) is 0 Å². The lowest BCUT2D eigenvalue weighted by Crippen LogP contribution is -2.08. The van der Waals surface area contributed by atoms with Gasteiger partial charge >= 0.3 is 0 Å². The van der Waals surface area contributed by atoms with E-state index < -0.39 is 0 Å². The molecule has 0 fully saturated rings. The fourth-order valence-corrected chi connectivity index (χ4v) is 0.906. The summed E-state index contributed by atoms with van der Waals surface area (Å²) in [7, 11) is 4.01. The Kier molecular flexibility index (Phi) is 2.03. The molecule has 0 spiro atoms. The molecule has 1 rings (SSSR count). The third kappa shape index (κ3) is 1.64. The lowest BCUT2D eigenvalue weighted by molar-refractivity contribution is 1.13. The highest BCUT2D eigenvalue weighted by atomic mass is 15.1. The Labute approximate surface area is 67.6 Å². The molecule has 0 aliphatic heterocycles. The molecule has 0 radical (unpaired) electrons. The van der Waals surface area contributed by atoms with E-state index in [9.17, 15) is 0 Å². The van der Waals surface area contributed by atoms with E-state index in [1.807, 2.05) is 38.1 Å². The third-order valence-electron chi connectivity index (χ3n) is 1.78. The van der Waals surface area contributed by atoms with E-state index in [1.165, 1.54) is 0 Å². The maximum Gasteiger partial charge on any atom is 0.0381 e. The molecule has 2 nitrogen and oxygen atoms in total. The standard InChI is InChI=1S/C9H14N2/c1-7-4-5-8(11(2)3)6-9(7)10/h4-6H,10H2,1-3H3.